The van der Waals surface area contributed by atoms with Gasteiger partial charge in [0.25, 0.3) is 0 Å². The van der Waals surface area contributed by atoms with Crippen LogP contribution in [0.4, 0.5) is 5.82 Å². The summed E-state index contributed by atoms with van der Waals surface area (Å²) in [7, 11) is 0. The number of rotatable bonds is 7. The molecule has 1 N–H and O–H groups in total. The van der Waals surface area contributed by atoms with E-state index in [1.165, 1.54) is 0 Å². The maximum absolute atomic E-state index is 11.6. The zero-order valence-corrected chi connectivity index (χ0v) is 12.9. The van der Waals surface area contributed by atoms with Crippen molar-refractivity contribution in [3.8, 4) is 0 Å². The van der Waals surface area contributed by atoms with Gasteiger partial charge in [0.1, 0.15) is 23.8 Å². The minimum Gasteiger partial charge on any atom is -0.458 e. The molecule has 0 atom stereocenters. The molecule has 0 aliphatic heterocycles. The summed E-state index contributed by atoms with van der Waals surface area (Å²) in [6, 6.07) is 3.30. The maximum atomic E-state index is 11.6. The number of hydrogen-bond acceptors (Lipinski definition) is 8. The fourth-order valence-corrected chi connectivity index (χ4v) is 2.12. The highest BCUT2D eigenvalue weighted by atomic mass is 32.2. The summed E-state index contributed by atoms with van der Waals surface area (Å²) in [5, 5.41) is 9.90. The highest BCUT2D eigenvalue weighted by Gasteiger charge is 2.10. The number of nitrogens with zero attached hydrogens (tertiary/aromatic N) is 2. The summed E-state index contributed by atoms with van der Waals surface area (Å²) < 4.78 is 14.7. The van der Waals surface area contributed by atoms with Crippen molar-refractivity contribution in [3.63, 3.8) is 0 Å². The molecule has 0 aromatic carbocycles. The number of carbonyl (C=O) groups is 2. The minimum atomic E-state index is -0.421. The van der Waals surface area contributed by atoms with Crippen LogP contribution in [0.1, 0.15) is 17.2 Å². The van der Waals surface area contributed by atoms with Crippen molar-refractivity contribution in [2.24, 2.45) is 0 Å². The van der Waals surface area contributed by atoms with Gasteiger partial charge in [-0.15, -0.1) is 11.8 Å². The van der Waals surface area contributed by atoms with Crippen LogP contribution in [0.15, 0.2) is 21.2 Å². The Balaban J connectivity index is 1.61. The van der Waals surface area contributed by atoms with Crippen LogP contribution in [0.25, 0.3) is 0 Å². The zero-order chi connectivity index (χ0) is 15.9. The Morgan fingerprint density at radius 2 is 1.91 bits per heavy atom. The van der Waals surface area contributed by atoms with Crippen molar-refractivity contribution in [3.05, 3.63) is 29.3 Å². The Morgan fingerprint density at radius 3 is 2.55 bits per heavy atom. The highest BCUT2D eigenvalue weighted by molar-refractivity contribution is 8.00. The predicted molar refractivity (Wildman–Crippen MR) is 78.2 cm³/mol. The Kier molecular flexibility index (Phi) is 5.59. The van der Waals surface area contributed by atoms with Crippen LogP contribution in [-0.2, 0) is 20.9 Å². The van der Waals surface area contributed by atoms with Gasteiger partial charge in [0, 0.05) is 12.1 Å². The van der Waals surface area contributed by atoms with Gasteiger partial charge in [-0.1, -0.05) is 10.3 Å². The second kappa shape index (κ2) is 7.64. The first-order valence-corrected chi connectivity index (χ1v) is 7.57. The van der Waals surface area contributed by atoms with Crippen molar-refractivity contribution >= 4 is 29.5 Å². The Bertz CT molecular complexity index is 652. The third-order valence-corrected chi connectivity index (χ3v) is 3.31. The number of amides is 1. The molecule has 22 heavy (non-hydrogen) atoms. The first-order chi connectivity index (χ1) is 10.5. The van der Waals surface area contributed by atoms with Gasteiger partial charge in [-0.05, 0) is 13.8 Å². The van der Waals surface area contributed by atoms with Crippen LogP contribution in [0.5, 0.6) is 0 Å². The number of esters is 1. The summed E-state index contributed by atoms with van der Waals surface area (Å²) in [5.41, 5.74) is 0.551. The minimum absolute atomic E-state index is 0.0567. The van der Waals surface area contributed by atoms with Crippen LogP contribution in [0.2, 0.25) is 0 Å². The van der Waals surface area contributed by atoms with E-state index in [0.29, 0.717) is 23.0 Å². The fraction of sp³-hybridized carbons (Fsp3) is 0.385. The molecule has 118 valence electrons. The molecular formula is C13H15N3O5S. The van der Waals surface area contributed by atoms with Crippen molar-refractivity contribution in [2.45, 2.75) is 20.5 Å². The van der Waals surface area contributed by atoms with Crippen LogP contribution < -0.4 is 5.32 Å². The average Bonchev–Trinajstić information content (AvgIpc) is 3.05. The number of ether oxygens (including phenoxy) is 1. The lowest BCUT2D eigenvalue weighted by atomic mass is 10.4. The summed E-state index contributed by atoms with van der Waals surface area (Å²) in [6.07, 6.45) is 0. The van der Waals surface area contributed by atoms with E-state index in [1.54, 1.807) is 26.0 Å². The van der Waals surface area contributed by atoms with E-state index in [1.807, 2.05) is 0 Å². The van der Waals surface area contributed by atoms with E-state index in [2.05, 4.69) is 15.6 Å². The zero-order valence-electron chi connectivity index (χ0n) is 12.1. The molecule has 2 aromatic rings. The number of nitrogens with one attached hydrogen (secondary N) is 1. The fourth-order valence-electron chi connectivity index (χ4n) is 1.51. The predicted octanol–water partition coefficient (Wildman–Crippen LogP) is 1.69. The molecule has 0 fully saturated rings. The Morgan fingerprint density at radius 1 is 1.18 bits per heavy atom. The topological polar surface area (TPSA) is 107 Å². The summed E-state index contributed by atoms with van der Waals surface area (Å²) in [5.74, 6) is 1.11. The van der Waals surface area contributed by atoms with Crippen LogP contribution >= 0.6 is 11.8 Å². The van der Waals surface area contributed by atoms with Gasteiger partial charge in [0.2, 0.25) is 5.91 Å². The van der Waals surface area contributed by atoms with Gasteiger partial charge in [-0.25, -0.2) is 0 Å². The average molecular weight is 325 g/mol. The Hall–Kier alpha value is -2.29. The van der Waals surface area contributed by atoms with E-state index in [0.717, 1.165) is 11.8 Å². The molecule has 0 saturated carbocycles. The normalized spacial score (nSPS) is 10.5. The smallest absolute Gasteiger partial charge is 0.316 e. The first-order valence-electron chi connectivity index (χ1n) is 6.41. The van der Waals surface area contributed by atoms with Crippen LogP contribution in [0.3, 0.4) is 0 Å². The number of aromatic nitrogens is 2. The molecule has 0 radical (unpaired) electrons. The molecule has 9 heteroatoms. The lowest BCUT2D eigenvalue weighted by molar-refractivity contribution is -0.141. The molecule has 2 rings (SSSR count). The Labute approximate surface area is 130 Å². The molecule has 0 aliphatic carbocycles. The van der Waals surface area contributed by atoms with E-state index in [4.69, 9.17) is 13.8 Å². The van der Waals surface area contributed by atoms with Gasteiger partial charge in [0.15, 0.2) is 5.82 Å². The van der Waals surface area contributed by atoms with Crippen LogP contribution in [-0.4, -0.2) is 33.7 Å². The second-order valence-electron chi connectivity index (χ2n) is 4.45. The SMILES string of the molecule is Cc1cc(COC(=O)CSCC(=O)Nc2cc(C)on2)no1. The second-order valence-corrected chi connectivity index (χ2v) is 5.44. The summed E-state index contributed by atoms with van der Waals surface area (Å²) in [4.78, 5) is 23.1. The van der Waals surface area contributed by atoms with Crippen molar-refractivity contribution < 1.29 is 23.4 Å². The highest BCUT2D eigenvalue weighted by Crippen LogP contribution is 2.09. The third-order valence-electron chi connectivity index (χ3n) is 2.41. The van der Waals surface area contributed by atoms with E-state index in [9.17, 15) is 9.59 Å². The van der Waals surface area contributed by atoms with Crippen molar-refractivity contribution in [2.75, 3.05) is 16.8 Å². The van der Waals surface area contributed by atoms with Gasteiger partial charge in [-0.3, -0.25) is 9.59 Å². The number of thioether (sulfide) groups is 1. The lowest BCUT2D eigenvalue weighted by Crippen LogP contribution is -2.16. The van der Waals surface area contributed by atoms with E-state index >= 15 is 0 Å². The van der Waals surface area contributed by atoms with Gasteiger partial charge in [0.05, 0.1) is 11.5 Å². The molecule has 0 saturated heterocycles. The number of hydrogen-bond donors (Lipinski definition) is 1. The maximum Gasteiger partial charge on any atom is 0.316 e. The van der Waals surface area contributed by atoms with E-state index in [-0.39, 0.29) is 24.0 Å². The van der Waals surface area contributed by atoms with E-state index < -0.39 is 5.97 Å². The van der Waals surface area contributed by atoms with Gasteiger partial charge in [-0.2, -0.15) is 0 Å². The largest absolute Gasteiger partial charge is 0.458 e. The molecule has 0 aliphatic rings. The summed E-state index contributed by atoms with van der Waals surface area (Å²) in [6.45, 7) is 3.54. The van der Waals surface area contributed by atoms with Crippen molar-refractivity contribution in [1.29, 1.82) is 0 Å². The van der Waals surface area contributed by atoms with Gasteiger partial charge >= 0.3 is 5.97 Å². The standard InChI is InChI=1S/C13H15N3O5S/c1-8-3-10(15-20-8)5-19-13(18)7-22-6-12(17)14-11-4-9(2)21-16-11/h3-4H,5-7H2,1-2H3,(H,14,16,17). The third kappa shape index (κ3) is 5.24. The lowest BCUT2D eigenvalue weighted by Gasteiger charge is -2.03. The molecule has 0 unspecified atom stereocenters. The number of anilines is 1. The molecule has 8 nitrogen and oxygen atoms in total. The quantitative estimate of drug-likeness (QED) is 0.766. The molecule has 1 amide bonds. The van der Waals surface area contributed by atoms with Crippen LogP contribution in [0, 0.1) is 13.8 Å². The monoisotopic (exact) mass is 325 g/mol. The molecule has 2 heterocycles. The number of aryl methyl sites for hydroxylation is 2. The van der Waals surface area contributed by atoms with Crippen molar-refractivity contribution in [1.82, 2.24) is 10.3 Å². The van der Waals surface area contributed by atoms with Gasteiger partial charge < -0.3 is 19.1 Å². The molecule has 0 bridgehead atoms. The molecule has 2 aromatic heterocycles. The molecular weight excluding hydrogens is 310 g/mol. The number of carbonyl (C=O) groups excluding carboxylic acids is 2. The first kappa shape index (κ1) is 16.1. The molecule has 0 spiro atoms. The summed E-state index contributed by atoms with van der Waals surface area (Å²) >= 11 is 1.15.